The van der Waals surface area contributed by atoms with E-state index in [1.807, 2.05) is 19.2 Å². The molecule has 14 heavy (non-hydrogen) atoms. The van der Waals surface area contributed by atoms with Gasteiger partial charge in [0.25, 0.3) is 5.91 Å². The summed E-state index contributed by atoms with van der Waals surface area (Å²) in [5, 5.41) is 14.1. The summed E-state index contributed by atoms with van der Waals surface area (Å²) < 4.78 is 0. The molecule has 4 nitrogen and oxygen atoms in total. The highest BCUT2D eigenvalue weighted by Crippen LogP contribution is 2.07. The first-order chi connectivity index (χ1) is 6.77. The summed E-state index contributed by atoms with van der Waals surface area (Å²) in [5.74, 6) is -0.165. The van der Waals surface area contributed by atoms with E-state index in [1.165, 1.54) is 0 Å². The van der Waals surface area contributed by atoms with Gasteiger partial charge >= 0.3 is 0 Å². The van der Waals surface area contributed by atoms with Crippen LogP contribution in [0.4, 0.5) is 5.69 Å². The largest absolute Gasteiger partial charge is 0.395 e. The molecule has 3 N–H and O–H groups in total. The topological polar surface area (TPSA) is 61.4 Å². The molecule has 1 aromatic carbocycles. The van der Waals surface area contributed by atoms with Crippen LogP contribution in [0.5, 0.6) is 0 Å². The number of aliphatic hydroxyl groups excluding tert-OH is 1. The number of hydrogen-bond donors (Lipinski definition) is 3. The first kappa shape index (κ1) is 10.5. The Balaban J connectivity index is 2.62. The molecule has 0 heterocycles. The number of rotatable bonds is 4. The highest BCUT2D eigenvalue weighted by Gasteiger charge is 2.02. The number of hydrogen-bond acceptors (Lipinski definition) is 3. The standard InChI is InChI=1S/C10H14N2O2/c1-11-9-4-2-8(3-5-9)10(14)12-6-7-13/h2-5,11,13H,6-7H2,1H3,(H,12,14). The quantitative estimate of drug-likeness (QED) is 0.652. The molecular weight excluding hydrogens is 180 g/mol. The average Bonchev–Trinajstić information content (AvgIpc) is 2.26. The first-order valence-electron chi connectivity index (χ1n) is 4.45. The van der Waals surface area contributed by atoms with Gasteiger partial charge in [-0.25, -0.2) is 0 Å². The van der Waals surface area contributed by atoms with Crippen molar-refractivity contribution < 1.29 is 9.90 Å². The summed E-state index contributed by atoms with van der Waals surface area (Å²) >= 11 is 0. The van der Waals surface area contributed by atoms with Crippen molar-refractivity contribution in [2.75, 3.05) is 25.5 Å². The molecule has 0 aliphatic rings. The Morgan fingerprint density at radius 3 is 2.50 bits per heavy atom. The van der Waals surface area contributed by atoms with Gasteiger partial charge in [-0.05, 0) is 24.3 Å². The van der Waals surface area contributed by atoms with Gasteiger partial charge in [-0.2, -0.15) is 0 Å². The van der Waals surface area contributed by atoms with Crippen LogP contribution < -0.4 is 10.6 Å². The van der Waals surface area contributed by atoms with Crippen LogP contribution in [0.15, 0.2) is 24.3 Å². The van der Waals surface area contributed by atoms with E-state index < -0.39 is 0 Å². The van der Waals surface area contributed by atoms with Crippen molar-refractivity contribution >= 4 is 11.6 Å². The number of anilines is 1. The molecule has 0 aliphatic carbocycles. The van der Waals surface area contributed by atoms with E-state index in [1.54, 1.807) is 12.1 Å². The Labute approximate surface area is 82.9 Å². The normalized spacial score (nSPS) is 9.57. The third kappa shape index (κ3) is 2.74. The zero-order valence-electron chi connectivity index (χ0n) is 8.08. The summed E-state index contributed by atoms with van der Waals surface area (Å²) in [6.07, 6.45) is 0. The second-order valence-corrected chi connectivity index (χ2v) is 2.81. The Hall–Kier alpha value is -1.55. The zero-order chi connectivity index (χ0) is 10.4. The maximum absolute atomic E-state index is 11.4. The van der Waals surface area contributed by atoms with Gasteiger partial charge < -0.3 is 15.7 Å². The van der Waals surface area contributed by atoms with Gasteiger partial charge in [0.2, 0.25) is 0 Å². The van der Waals surface area contributed by atoms with E-state index in [0.29, 0.717) is 5.56 Å². The van der Waals surface area contributed by atoms with Crippen LogP contribution in [0, 0.1) is 0 Å². The van der Waals surface area contributed by atoms with Gasteiger partial charge in [0.1, 0.15) is 0 Å². The lowest BCUT2D eigenvalue weighted by Crippen LogP contribution is -2.26. The van der Waals surface area contributed by atoms with E-state index in [-0.39, 0.29) is 19.1 Å². The average molecular weight is 194 g/mol. The van der Waals surface area contributed by atoms with Gasteiger partial charge in [0.05, 0.1) is 6.61 Å². The fraction of sp³-hybridized carbons (Fsp3) is 0.300. The summed E-state index contributed by atoms with van der Waals surface area (Å²) in [5.41, 5.74) is 1.56. The minimum Gasteiger partial charge on any atom is -0.395 e. The van der Waals surface area contributed by atoms with Crippen LogP contribution in [-0.2, 0) is 0 Å². The molecule has 0 atom stereocenters. The van der Waals surface area contributed by atoms with Gasteiger partial charge in [-0.1, -0.05) is 0 Å². The molecule has 0 fully saturated rings. The summed E-state index contributed by atoms with van der Waals surface area (Å²) in [4.78, 5) is 11.4. The van der Waals surface area contributed by atoms with Gasteiger partial charge in [0.15, 0.2) is 0 Å². The predicted molar refractivity (Wildman–Crippen MR) is 55.4 cm³/mol. The lowest BCUT2D eigenvalue weighted by molar-refractivity contribution is 0.0945. The fourth-order valence-corrected chi connectivity index (χ4v) is 1.06. The molecular formula is C10H14N2O2. The van der Waals surface area contributed by atoms with Crippen molar-refractivity contribution in [1.82, 2.24) is 5.32 Å². The van der Waals surface area contributed by atoms with Crippen LogP contribution in [0.25, 0.3) is 0 Å². The third-order valence-electron chi connectivity index (χ3n) is 1.83. The van der Waals surface area contributed by atoms with Crippen LogP contribution >= 0.6 is 0 Å². The highest BCUT2D eigenvalue weighted by atomic mass is 16.3. The molecule has 1 rings (SSSR count). The third-order valence-corrected chi connectivity index (χ3v) is 1.83. The van der Waals surface area contributed by atoms with Gasteiger partial charge in [-0.15, -0.1) is 0 Å². The lowest BCUT2D eigenvalue weighted by atomic mass is 10.2. The number of carbonyl (C=O) groups excluding carboxylic acids is 1. The molecule has 0 saturated carbocycles. The van der Waals surface area contributed by atoms with Crippen molar-refractivity contribution in [2.45, 2.75) is 0 Å². The molecule has 1 aromatic rings. The predicted octanol–water partition coefficient (Wildman–Crippen LogP) is 0.450. The Morgan fingerprint density at radius 2 is 2.00 bits per heavy atom. The number of amides is 1. The Bertz CT molecular complexity index is 295. The van der Waals surface area contributed by atoms with Crippen molar-refractivity contribution in [2.24, 2.45) is 0 Å². The number of benzene rings is 1. The fourth-order valence-electron chi connectivity index (χ4n) is 1.06. The van der Waals surface area contributed by atoms with Crippen LogP contribution in [-0.4, -0.2) is 31.2 Å². The van der Waals surface area contributed by atoms with E-state index in [4.69, 9.17) is 5.11 Å². The van der Waals surface area contributed by atoms with Crippen LogP contribution in [0.3, 0.4) is 0 Å². The molecule has 0 aliphatic heterocycles. The van der Waals surface area contributed by atoms with Crippen LogP contribution in [0.2, 0.25) is 0 Å². The number of nitrogens with one attached hydrogen (secondary N) is 2. The monoisotopic (exact) mass is 194 g/mol. The molecule has 0 saturated heterocycles. The minimum atomic E-state index is -0.165. The molecule has 0 bridgehead atoms. The second-order valence-electron chi connectivity index (χ2n) is 2.81. The second kappa shape index (κ2) is 5.24. The maximum Gasteiger partial charge on any atom is 0.251 e. The number of carbonyl (C=O) groups is 1. The van der Waals surface area contributed by atoms with E-state index in [9.17, 15) is 4.79 Å². The molecule has 0 unspecified atom stereocenters. The Kier molecular flexibility index (Phi) is 3.94. The molecule has 0 radical (unpaired) electrons. The lowest BCUT2D eigenvalue weighted by Gasteiger charge is -2.04. The first-order valence-corrected chi connectivity index (χ1v) is 4.45. The molecule has 0 aromatic heterocycles. The molecule has 4 heteroatoms. The SMILES string of the molecule is CNc1ccc(C(=O)NCCO)cc1. The maximum atomic E-state index is 11.4. The zero-order valence-corrected chi connectivity index (χ0v) is 8.08. The molecule has 1 amide bonds. The van der Waals surface area contributed by atoms with Crippen molar-refractivity contribution in [1.29, 1.82) is 0 Å². The van der Waals surface area contributed by atoms with E-state index in [2.05, 4.69) is 10.6 Å². The van der Waals surface area contributed by atoms with Gasteiger partial charge in [0, 0.05) is 24.8 Å². The summed E-state index contributed by atoms with van der Waals surface area (Å²) in [7, 11) is 1.82. The summed E-state index contributed by atoms with van der Waals surface area (Å²) in [6, 6.07) is 7.12. The van der Waals surface area contributed by atoms with Gasteiger partial charge in [-0.3, -0.25) is 4.79 Å². The van der Waals surface area contributed by atoms with E-state index >= 15 is 0 Å². The minimum absolute atomic E-state index is 0.0413. The van der Waals surface area contributed by atoms with Crippen molar-refractivity contribution in [3.8, 4) is 0 Å². The van der Waals surface area contributed by atoms with Crippen LogP contribution in [0.1, 0.15) is 10.4 Å². The van der Waals surface area contributed by atoms with Crippen molar-refractivity contribution in [3.05, 3.63) is 29.8 Å². The van der Waals surface area contributed by atoms with Crippen molar-refractivity contribution in [3.63, 3.8) is 0 Å². The Morgan fingerprint density at radius 1 is 1.36 bits per heavy atom. The highest BCUT2D eigenvalue weighted by molar-refractivity contribution is 5.94. The summed E-state index contributed by atoms with van der Waals surface area (Å²) in [6.45, 7) is 0.243. The number of aliphatic hydroxyl groups is 1. The smallest absolute Gasteiger partial charge is 0.251 e. The molecule has 0 spiro atoms. The van der Waals surface area contributed by atoms with E-state index in [0.717, 1.165) is 5.69 Å². The molecule has 76 valence electrons.